The van der Waals surface area contributed by atoms with E-state index in [-0.39, 0.29) is 34.1 Å². The number of hydrogen-bond donors (Lipinski definition) is 0. The zero-order valence-corrected chi connectivity index (χ0v) is 13.6. The van der Waals surface area contributed by atoms with Crippen molar-refractivity contribution in [2.75, 3.05) is 0 Å². The molecule has 0 aliphatic rings. The van der Waals surface area contributed by atoms with E-state index in [1.165, 1.54) is 30.3 Å². The number of fused-ring (bicyclic) bond motifs is 1. The van der Waals surface area contributed by atoms with E-state index in [1.54, 1.807) is 0 Å². The van der Waals surface area contributed by atoms with Crippen molar-refractivity contribution in [3.05, 3.63) is 73.5 Å². The molecule has 0 amide bonds. The summed E-state index contributed by atoms with van der Waals surface area (Å²) in [7, 11) is 0. The summed E-state index contributed by atoms with van der Waals surface area (Å²) >= 11 is 5.73. The summed E-state index contributed by atoms with van der Waals surface area (Å²) in [6.07, 6.45) is 0.332. The first-order valence-corrected chi connectivity index (χ1v) is 7.46. The molecule has 0 spiro atoms. The predicted octanol–water partition coefficient (Wildman–Crippen LogP) is 3.69. The Hall–Kier alpha value is -3.53. The van der Waals surface area contributed by atoms with Crippen LogP contribution in [0.4, 0.5) is 16.2 Å². The zero-order chi connectivity index (χ0) is 18.8. The minimum absolute atomic E-state index is 0.159. The molecule has 11 heteroatoms. The minimum atomic E-state index is -0.828. The van der Waals surface area contributed by atoms with Crippen LogP contribution in [0.25, 0.3) is 11.0 Å². The third-order valence-electron chi connectivity index (χ3n) is 3.53. The number of nitrogens with zero attached hydrogens (tertiary/aromatic N) is 4. The highest BCUT2D eigenvalue weighted by Crippen LogP contribution is 2.24. The molecule has 0 atom stereocenters. The van der Waals surface area contributed by atoms with Gasteiger partial charge in [0.05, 0.1) is 26.4 Å². The van der Waals surface area contributed by atoms with Crippen LogP contribution in [0.2, 0.25) is 5.02 Å². The van der Waals surface area contributed by atoms with Gasteiger partial charge in [-0.1, -0.05) is 11.6 Å². The first-order valence-electron chi connectivity index (χ1n) is 7.08. The summed E-state index contributed by atoms with van der Waals surface area (Å²) in [6, 6.07) is 7.83. The summed E-state index contributed by atoms with van der Waals surface area (Å²) in [5, 5.41) is 22.0. The van der Waals surface area contributed by atoms with Crippen molar-refractivity contribution in [3.8, 4) is 0 Å². The standard InChI is InChI=1S/C15H9ClN4O6/c16-10-2-1-9(14(5-10)20(24)25)7-26-15(21)18-8-17-12-6-11(19(22)23)3-4-13(12)18/h1-6,8H,7H2. The fraction of sp³-hybridized carbons (Fsp3) is 0.0667. The number of benzene rings is 2. The van der Waals surface area contributed by atoms with E-state index in [2.05, 4.69) is 4.98 Å². The first-order chi connectivity index (χ1) is 12.4. The molecule has 132 valence electrons. The molecule has 3 aromatic rings. The number of ether oxygens (including phenoxy) is 1. The third-order valence-corrected chi connectivity index (χ3v) is 3.77. The number of hydrogen-bond acceptors (Lipinski definition) is 7. The predicted molar refractivity (Wildman–Crippen MR) is 90.1 cm³/mol. The van der Waals surface area contributed by atoms with Crippen LogP contribution in [0.15, 0.2) is 42.7 Å². The molecule has 0 unspecified atom stereocenters. The van der Waals surface area contributed by atoms with Crippen molar-refractivity contribution < 1.29 is 19.4 Å². The smallest absolute Gasteiger partial charge is 0.420 e. The number of carbonyl (C=O) groups excluding carboxylic acids is 1. The average Bonchev–Trinajstić information content (AvgIpc) is 3.03. The van der Waals surface area contributed by atoms with Gasteiger partial charge in [-0.15, -0.1) is 0 Å². The van der Waals surface area contributed by atoms with E-state index in [4.69, 9.17) is 16.3 Å². The fourth-order valence-corrected chi connectivity index (χ4v) is 2.46. The van der Waals surface area contributed by atoms with Gasteiger partial charge in [0.25, 0.3) is 11.4 Å². The Kier molecular flexibility index (Phi) is 4.50. The van der Waals surface area contributed by atoms with Crippen LogP contribution >= 0.6 is 11.6 Å². The van der Waals surface area contributed by atoms with Gasteiger partial charge < -0.3 is 4.74 Å². The molecule has 0 aliphatic carbocycles. The lowest BCUT2D eigenvalue weighted by atomic mass is 10.2. The number of aromatic nitrogens is 2. The second-order valence-corrected chi connectivity index (χ2v) is 5.57. The van der Waals surface area contributed by atoms with Gasteiger partial charge in [0.1, 0.15) is 12.9 Å². The highest BCUT2D eigenvalue weighted by atomic mass is 35.5. The van der Waals surface area contributed by atoms with Gasteiger partial charge >= 0.3 is 6.09 Å². The Morgan fingerprint density at radius 3 is 2.62 bits per heavy atom. The summed E-state index contributed by atoms with van der Waals surface area (Å²) in [5.41, 5.74) is 0.303. The summed E-state index contributed by atoms with van der Waals surface area (Å²) in [6.45, 7) is -0.348. The number of non-ortho nitro benzene ring substituents is 1. The van der Waals surface area contributed by atoms with E-state index in [1.807, 2.05) is 0 Å². The second kappa shape index (κ2) is 6.76. The largest absolute Gasteiger partial charge is 0.444 e. The Morgan fingerprint density at radius 1 is 1.15 bits per heavy atom. The lowest BCUT2D eigenvalue weighted by Gasteiger charge is -2.07. The molecule has 0 N–H and O–H groups in total. The molecule has 0 radical (unpaired) electrons. The lowest BCUT2D eigenvalue weighted by molar-refractivity contribution is -0.385. The molecule has 0 saturated carbocycles. The van der Waals surface area contributed by atoms with E-state index >= 15 is 0 Å². The van der Waals surface area contributed by atoms with Crippen LogP contribution in [0.1, 0.15) is 5.56 Å². The van der Waals surface area contributed by atoms with Gasteiger partial charge in [-0.25, -0.2) is 14.3 Å². The summed E-state index contributed by atoms with van der Waals surface area (Å²) in [4.78, 5) is 36.8. The summed E-state index contributed by atoms with van der Waals surface area (Å²) < 4.78 is 6.15. The second-order valence-electron chi connectivity index (χ2n) is 5.13. The Morgan fingerprint density at radius 2 is 1.92 bits per heavy atom. The number of nitro benzene ring substituents is 2. The van der Waals surface area contributed by atoms with E-state index in [9.17, 15) is 25.0 Å². The molecule has 26 heavy (non-hydrogen) atoms. The summed E-state index contributed by atoms with van der Waals surface area (Å²) in [5.74, 6) is 0. The van der Waals surface area contributed by atoms with Crippen molar-refractivity contribution >= 4 is 40.1 Å². The highest BCUT2D eigenvalue weighted by Gasteiger charge is 2.18. The number of rotatable bonds is 4. The molecule has 0 fully saturated rings. The Labute approximate surface area is 149 Å². The van der Waals surface area contributed by atoms with Gasteiger partial charge in [0.15, 0.2) is 0 Å². The molecular formula is C15H9ClN4O6. The number of imidazole rings is 1. The van der Waals surface area contributed by atoms with Gasteiger partial charge in [0.2, 0.25) is 0 Å². The van der Waals surface area contributed by atoms with Crippen molar-refractivity contribution in [3.63, 3.8) is 0 Å². The van der Waals surface area contributed by atoms with Crippen molar-refractivity contribution in [2.24, 2.45) is 0 Å². The zero-order valence-electron chi connectivity index (χ0n) is 12.9. The lowest BCUT2D eigenvalue weighted by Crippen LogP contribution is -2.13. The molecule has 10 nitrogen and oxygen atoms in total. The van der Waals surface area contributed by atoms with Gasteiger partial charge in [-0.2, -0.15) is 0 Å². The fourth-order valence-electron chi connectivity index (χ4n) is 2.30. The first kappa shape index (κ1) is 17.3. The number of halogens is 1. The van der Waals surface area contributed by atoms with Crippen LogP contribution in [-0.4, -0.2) is 25.5 Å². The van der Waals surface area contributed by atoms with Crippen LogP contribution in [0.5, 0.6) is 0 Å². The third kappa shape index (κ3) is 3.30. The van der Waals surface area contributed by atoms with Crippen LogP contribution in [-0.2, 0) is 11.3 Å². The maximum atomic E-state index is 12.2. The van der Waals surface area contributed by atoms with Crippen molar-refractivity contribution in [2.45, 2.75) is 6.61 Å². The minimum Gasteiger partial charge on any atom is -0.444 e. The molecule has 2 aromatic carbocycles. The SMILES string of the molecule is O=C(OCc1ccc(Cl)cc1[N+](=O)[O-])n1cnc2cc([N+](=O)[O-])ccc21. The molecule has 1 heterocycles. The maximum absolute atomic E-state index is 12.2. The van der Waals surface area contributed by atoms with E-state index in [0.29, 0.717) is 5.52 Å². The number of nitro groups is 2. The normalized spacial score (nSPS) is 10.7. The van der Waals surface area contributed by atoms with Gasteiger partial charge in [-0.05, 0) is 18.2 Å². The molecule has 0 bridgehead atoms. The molecule has 0 aliphatic heterocycles. The average molecular weight is 377 g/mol. The topological polar surface area (TPSA) is 130 Å². The molecule has 3 rings (SSSR count). The number of carbonyl (C=O) groups is 1. The van der Waals surface area contributed by atoms with Crippen LogP contribution in [0.3, 0.4) is 0 Å². The van der Waals surface area contributed by atoms with Crippen molar-refractivity contribution in [1.29, 1.82) is 0 Å². The van der Waals surface area contributed by atoms with E-state index in [0.717, 1.165) is 17.0 Å². The van der Waals surface area contributed by atoms with E-state index < -0.39 is 15.9 Å². The molecule has 1 aromatic heterocycles. The monoisotopic (exact) mass is 376 g/mol. The Balaban J connectivity index is 1.82. The van der Waals surface area contributed by atoms with Crippen LogP contribution in [0, 0.1) is 20.2 Å². The maximum Gasteiger partial charge on any atom is 0.420 e. The Bertz CT molecular complexity index is 1050. The molecular weight excluding hydrogens is 368 g/mol. The quantitative estimate of drug-likeness (QED) is 0.501. The molecule has 0 saturated heterocycles. The van der Waals surface area contributed by atoms with Gasteiger partial charge in [0, 0.05) is 23.2 Å². The van der Waals surface area contributed by atoms with Gasteiger partial charge in [-0.3, -0.25) is 20.2 Å². The van der Waals surface area contributed by atoms with Crippen molar-refractivity contribution in [1.82, 2.24) is 9.55 Å². The van der Waals surface area contributed by atoms with Crippen LogP contribution < -0.4 is 0 Å². The highest BCUT2D eigenvalue weighted by molar-refractivity contribution is 6.30.